The molecule has 0 saturated carbocycles. The maximum atomic E-state index is 12.4. The Balaban J connectivity index is 3.02. The fourth-order valence-electron chi connectivity index (χ4n) is 1.03. The standard InChI is InChI=1S/C9H6ClF3N2O3/c10-5-2-1-4(9(11,12)13)3-6(5)14-7(16)8(17)15-18/h1-3,18H,(H,14,16)(H,15,17). The Hall–Kier alpha value is -1.80. The van der Waals surface area contributed by atoms with Crippen LogP contribution < -0.4 is 10.8 Å². The Morgan fingerprint density at radius 3 is 2.33 bits per heavy atom. The van der Waals surface area contributed by atoms with E-state index < -0.39 is 23.6 Å². The van der Waals surface area contributed by atoms with Crippen molar-refractivity contribution in [2.75, 3.05) is 5.32 Å². The van der Waals surface area contributed by atoms with E-state index in [1.165, 1.54) is 0 Å². The van der Waals surface area contributed by atoms with Crippen LogP contribution in [0.3, 0.4) is 0 Å². The third kappa shape index (κ3) is 3.34. The van der Waals surface area contributed by atoms with Crippen LogP contribution in [0, 0.1) is 0 Å². The first-order valence-corrected chi connectivity index (χ1v) is 4.75. The maximum Gasteiger partial charge on any atom is 0.416 e. The first-order chi connectivity index (χ1) is 8.25. The molecule has 0 spiro atoms. The van der Waals surface area contributed by atoms with Crippen molar-refractivity contribution < 1.29 is 28.0 Å². The molecule has 0 unspecified atom stereocenters. The molecule has 1 aromatic carbocycles. The van der Waals surface area contributed by atoms with Crippen molar-refractivity contribution in [1.82, 2.24) is 5.48 Å². The van der Waals surface area contributed by atoms with Crippen LogP contribution in [0.1, 0.15) is 5.56 Å². The smallest absolute Gasteiger partial charge is 0.316 e. The molecule has 2 amide bonds. The Kier molecular flexibility index (Phi) is 4.15. The lowest BCUT2D eigenvalue weighted by atomic mass is 10.2. The van der Waals surface area contributed by atoms with Gasteiger partial charge in [-0.15, -0.1) is 0 Å². The molecule has 0 aliphatic rings. The summed E-state index contributed by atoms with van der Waals surface area (Å²) in [4.78, 5) is 21.7. The molecule has 98 valence electrons. The van der Waals surface area contributed by atoms with Crippen molar-refractivity contribution in [2.24, 2.45) is 0 Å². The number of halogens is 4. The highest BCUT2D eigenvalue weighted by atomic mass is 35.5. The number of anilines is 1. The Morgan fingerprint density at radius 2 is 1.83 bits per heavy atom. The average Bonchev–Trinajstić information content (AvgIpc) is 2.29. The summed E-state index contributed by atoms with van der Waals surface area (Å²) < 4.78 is 37.2. The zero-order valence-corrected chi connectivity index (χ0v) is 9.26. The molecule has 18 heavy (non-hydrogen) atoms. The van der Waals surface area contributed by atoms with Crippen LogP contribution in [0.25, 0.3) is 0 Å². The molecule has 0 aliphatic heterocycles. The third-order valence-electron chi connectivity index (χ3n) is 1.85. The summed E-state index contributed by atoms with van der Waals surface area (Å²) in [6.07, 6.45) is -4.61. The lowest BCUT2D eigenvalue weighted by Gasteiger charge is -2.10. The zero-order chi connectivity index (χ0) is 13.9. The van der Waals surface area contributed by atoms with Gasteiger partial charge in [0.2, 0.25) is 0 Å². The average molecular weight is 283 g/mol. The molecule has 0 saturated heterocycles. The highest BCUT2D eigenvalue weighted by molar-refractivity contribution is 6.41. The molecular formula is C9H6ClF3N2O3. The summed E-state index contributed by atoms with van der Waals surface area (Å²) in [5.41, 5.74) is -0.391. The van der Waals surface area contributed by atoms with Crippen LogP contribution >= 0.6 is 11.6 Å². The second-order valence-electron chi connectivity index (χ2n) is 3.09. The Labute approximate surface area is 103 Å². The number of rotatable bonds is 1. The lowest BCUT2D eigenvalue weighted by Crippen LogP contribution is -2.33. The number of hydroxylamine groups is 1. The van der Waals surface area contributed by atoms with E-state index in [4.69, 9.17) is 16.8 Å². The third-order valence-corrected chi connectivity index (χ3v) is 2.18. The SMILES string of the molecule is O=C(NO)C(=O)Nc1cc(C(F)(F)F)ccc1Cl. The van der Waals surface area contributed by atoms with E-state index in [0.29, 0.717) is 6.07 Å². The lowest BCUT2D eigenvalue weighted by molar-refractivity contribution is -0.141. The van der Waals surface area contributed by atoms with Gasteiger partial charge in [0.25, 0.3) is 0 Å². The number of alkyl halides is 3. The first kappa shape index (κ1) is 14.3. The number of nitrogens with one attached hydrogen (secondary N) is 2. The minimum absolute atomic E-state index is 0.179. The molecule has 0 heterocycles. The van der Waals surface area contributed by atoms with E-state index in [2.05, 4.69) is 0 Å². The second-order valence-corrected chi connectivity index (χ2v) is 3.49. The van der Waals surface area contributed by atoms with E-state index >= 15 is 0 Å². The van der Waals surface area contributed by atoms with Gasteiger partial charge in [0.15, 0.2) is 0 Å². The van der Waals surface area contributed by atoms with Gasteiger partial charge in [-0.3, -0.25) is 14.8 Å². The highest BCUT2D eigenvalue weighted by Gasteiger charge is 2.31. The largest absolute Gasteiger partial charge is 0.416 e. The van der Waals surface area contributed by atoms with Crippen molar-refractivity contribution >= 4 is 29.1 Å². The van der Waals surface area contributed by atoms with Crippen molar-refractivity contribution in [2.45, 2.75) is 6.18 Å². The van der Waals surface area contributed by atoms with Crippen molar-refractivity contribution in [3.8, 4) is 0 Å². The molecule has 1 aromatic rings. The van der Waals surface area contributed by atoms with Crippen molar-refractivity contribution in [1.29, 1.82) is 0 Å². The van der Waals surface area contributed by atoms with Gasteiger partial charge >= 0.3 is 18.0 Å². The molecule has 0 bridgehead atoms. The van der Waals surface area contributed by atoms with E-state index in [1.54, 1.807) is 0 Å². The molecule has 0 aromatic heterocycles. The van der Waals surface area contributed by atoms with Crippen LogP contribution in [-0.2, 0) is 15.8 Å². The first-order valence-electron chi connectivity index (χ1n) is 4.38. The van der Waals surface area contributed by atoms with E-state index in [0.717, 1.165) is 17.6 Å². The summed E-state index contributed by atoms with van der Waals surface area (Å²) in [6.45, 7) is 0. The quantitative estimate of drug-likeness (QED) is 0.417. The molecule has 1 rings (SSSR count). The summed E-state index contributed by atoms with van der Waals surface area (Å²) >= 11 is 5.56. The van der Waals surface area contributed by atoms with Gasteiger partial charge in [0, 0.05) is 0 Å². The normalized spacial score (nSPS) is 10.9. The maximum absolute atomic E-state index is 12.4. The Bertz CT molecular complexity index is 490. The molecule has 0 atom stereocenters. The van der Waals surface area contributed by atoms with Crippen LogP contribution in [0.5, 0.6) is 0 Å². The van der Waals surface area contributed by atoms with E-state index in [9.17, 15) is 22.8 Å². The van der Waals surface area contributed by atoms with Crippen LogP contribution in [-0.4, -0.2) is 17.0 Å². The van der Waals surface area contributed by atoms with Crippen LogP contribution in [0.15, 0.2) is 18.2 Å². The van der Waals surface area contributed by atoms with Gasteiger partial charge in [-0.1, -0.05) is 11.6 Å². The van der Waals surface area contributed by atoms with Crippen LogP contribution in [0.4, 0.5) is 18.9 Å². The molecule has 0 aliphatic carbocycles. The predicted octanol–water partition coefficient (Wildman–Crippen LogP) is 1.80. The van der Waals surface area contributed by atoms with Crippen LogP contribution in [0.2, 0.25) is 5.02 Å². The predicted molar refractivity (Wildman–Crippen MR) is 55.0 cm³/mol. The summed E-state index contributed by atoms with van der Waals surface area (Å²) in [6, 6.07) is 2.23. The van der Waals surface area contributed by atoms with E-state index in [-0.39, 0.29) is 10.7 Å². The molecule has 5 nitrogen and oxygen atoms in total. The minimum Gasteiger partial charge on any atom is -0.316 e. The molecule has 9 heteroatoms. The van der Waals surface area contributed by atoms with Gasteiger partial charge in [0.05, 0.1) is 16.3 Å². The zero-order valence-electron chi connectivity index (χ0n) is 8.51. The number of carbonyl (C=O) groups is 2. The second kappa shape index (κ2) is 5.23. The van der Waals surface area contributed by atoms with Gasteiger partial charge in [-0.25, -0.2) is 5.48 Å². The molecule has 0 fully saturated rings. The monoisotopic (exact) mass is 282 g/mol. The van der Waals surface area contributed by atoms with Crippen molar-refractivity contribution in [3.63, 3.8) is 0 Å². The summed E-state index contributed by atoms with van der Waals surface area (Å²) in [5.74, 6) is -2.78. The molecular weight excluding hydrogens is 277 g/mol. The number of hydrogen-bond acceptors (Lipinski definition) is 3. The summed E-state index contributed by atoms with van der Waals surface area (Å²) in [7, 11) is 0. The fourth-order valence-corrected chi connectivity index (χ4v) is 1.19. The van der Waals surface area contributed by atoms with Gasteiger partial charge in [-0.05, 0) is 18.2 Å². The highest BCUT2D eigenvalue weighted by Crippen LogP contribution is 2.33. The summed E-state index contributed by atoms with van der Waals surface area (Å²) in [5, 5.41) is 9.81. The number of benzene rings is 1. The molecule has 3 N–H and O–H groups in total. The molecule has 0 radical (unpaired) electrons. The topological polar surface area (TPSA) is 78.4 Å². The van der Waals surface area contributed by atoms with E-state index in [1.807, 2.05) is 5.32 Å². The number of carbonyl (C=O) groups excluding carboxylic acids is 2. The van der Waals surface area contributed by atoms with Gasteiger partial charge < -0.3 is 5.32 Å². The number of hydrogen-bond donors (Lipinski definition) is 3. The van der Waals surface area contributed by atoms with Gasteiger partial charge in [0.1, 0.15) is 0 Å². The van der Waals surface area contributed by atoms with Crippen molar-refractivity contribution in [3.05, 3.63) is 28.8 Å². The Morgan fingerprint density at radius 1 is 1.22 bits per heavy atom. The van der Waals surface area contributed by atoms with Gasteiger partial charge in [-0.2, -0.15) is 13.2 Å². The fraction of sp³-hybridized carbons (Fsp3) is 0.111. The minimum atomic E-state index is -4.61. The number of amides is 2.